The second kappa shape index (κ2) is 13.7. The lowest BCUT2D eigenvalue weighted by atomic mass is 9.81. The van der Waals surface area contributed by atoms with Crippen LogP contribution in [-0.2, 0) is 33.6 Å². The molecule has 2 amide bonds. The summed E-state index contributed by atoms with van der Waals surface area (Å²) in [5.41, 5.74) is 7.10. The first-order chi connectivity index (χ1) is 25.8. The molecule has 6 aliphatic rings. The van der Waals surface area contributed by atoms with Crippen LogP contribution in [0, 0.1) is 5.41 Å². The first kappa shape index (κ1) is 34.8. The molecule has 3 saturated heterocycles. The van der Waals surface area contributed by atoms with Gasteiger partial charge in [-0.05, 0) is 85.5 Å². The Kier molecular flexibility index (Phi) is 8.98. The number of nitrogens with zero attached hydrogens (tertiary/aromatic N) is 3. The quantitative estimate of drug-likeness (QED) is 0.194. The van der Waals surface area contributed by atoms with Gasteiger partial charge < -0.3 is 18.9 Å². The number of methoxy groups -OCH3 is 2. The van der Waals surface area contributed by atoms with Crippen molar-refractivity contribution in [3.63, 3.8) is 0 Å². The molecule has 5 heterocycles. The minimum Gasteiger partial charge on any atom is -0.497 e. The summed E-state index contributed by atoms with van der Waals surface area (Å²) in [7, 11) is 1.71. The van der Waals surface area contributed by atoms with Gasteiger partial charge in [-0.1, -0.05) is 55.7 Å². The molecule has 0 spiro atoms. The number of amides is 2. The fourth-order valence-corrected chi connectivity index (χ4v) is 11.1. The van der Waals surface area contributed by atoms with Gasteiger partial charge >= 0.3 is 0 Å². The van der Waals surface area contributed by atoms with Gasteiger partial charge in [0.25, 0.3) is 5.91 Å². The minimum absolute atomic E-state index is 0.0904. The van der Waals surface area contributed by atoms with Gasteiger partial charge in [0, 0.05) is 73.3 Å². The summed E-state index contributed by atoms with van der Waals surface area (Å²) in [5, 5.41) is 1.15. The molecule has 1 N–H and O–H groups in total. The van der Waals surface area contributed by atoms with Gasteiger partial charge in [-0.15, -0.1) is 0 Å². The molecule has 3 aromatic carbocycles. The number of carbonyl (C=O) groups is 2. The van der Waals surface area contributed by atoms with Crippen LogP contribution < -0.4 is 9.46 Å². The number of carbonyl (C=O) groups excluding carboxylic acids is 2. The molecule has 1 aromatic heterocycles. The van der Waals surface area contributed by atoms with E-state index in [0.717, 1.165) is 62.0 Å². The summed E-state index contributed by atoms with van der Waals surface area (Å²) >= 11 is 0. The van der Waals surface area contributed by atoms with Gasteiger partial charge in [-0.2, -0.15) is 0 Å². The van der Waals surface area contributed by atoms with Crippen LogP contribution in [-0.4, -0.2) is 81.6 Å². The molecule has 2 saturated carbocycles. The molecule has 4 aliphatic heterocycles. The van der Waals surface area contributed by atoms with Crippen LogP contribution in [0.1, 0.15) is 90.8 Å². The number of piperidine rings is 1. The third kappa shape index (κ3) is 6.01. The Balaban J connectivity index is 1.11. The molecule has 2 aliphatic carbocycles. The number of hydrogen-bond acceptors (Lipinski definition) is 6. The van der Waals surface area contributed by atoms with Crippen LogP contribution in [0.3, 0.4) is 0 Å². The first-order valence-electron chi connectivity index (χ1n) is 19.4. The number of ether oxygens (including phenoxy) is 2. The predicted molar refractivity (Wildman–Crippen MR) is 207 cm³/mol. The number of hydrogen-bond donors (Lipinski definition) is 1. The molecule has 278 valence electrons. The van der Waals surface area contributed by atoms with Crippen LogP contribution in [0.15, 0.2) is 66.7 Å². The molecule has 0 radical (unpaired) electrons. The number of rotatable bonds is 10. The summed E-state index contributed by atoms with van der Waals surface area (Å²) in [4.78, 5) is 33.5. The average molecular weight is 735 g/mol. The Bertz CT molecular complexity index is 2080. The zero-order valence-electron chi connectivity index (χ0n) is 31.0. The van der Waals surface area contributed by atoms with Gasteiger partial charge in [-0.25, -0.2) is 4.21 Å². The highest BCUT2D eigenvalue weighted by Gasteiger charge is 2.66. The summed E-state index contributed by atoms with van der Waals surface area (Å²) in [5.74, 6) is 1.42. The van der Waals surface area contributed by atoms with Crippen molar-refractivity contribution < 1.29 is 23.3 Å². The lowest BCUT2D eigenvalue weighted by Crippen LogP contribution is -2.71. The third-order valence-corrected chi connectivity index (χ3v) is 14.1. The van der Waals surface area contributed by atoms with Crippen molar-refractivity contribution in [2.75, 3.05) is 33.1 Å². The number of nitrogens with one attached hydrogen (secondary N) is 1. The number of fused-ring (bicyclic) bond motifs is 9. The lowest BCUT2D eigenvalue weighted by Gasteiger charge is -2.57. The molecule has 6 atom stereocenters. The van der Waals surface area contributed by atoms with E-state index in [-0.39, 0.29) is 41.7 Å². The van der Waals surface area contributed by atoms with Crippen LogP contribution >= 0.6 is 0 Å². The molecule has 5 fully saturated rings. The molecule has 53 heavy (non-hydrogen) atoms. The SMILES string of the molecule is COc1ccc2c(c1)C1CC1(C(=O)N1C3CC1CN(Cc1ccccc1)C3)Cn1c-2c(C2CCCCC2)c2ccc(C(=O)NS(=O)CC(C)OC)cc21. The van der Waals surface area contributed by atoms with E-state index in [1.165, 1.54) is 47.2 Å². The summed E-state index contributed by atoms with van der Waals surface area (Å²) in [6.07, 6.45) is 7.52. The zero-order chi connectivity index (χ0) is 36.4. The van der Waals surface area contributed by atoms with Gasteiger partial charge in [0.15, 0.2) is 0 Å². The maximum atomic E-state index is 15.2. The summed E-state index contributed by atoms with van der Waals surface area (Å²) in [6, 6.07) is 23.5. The zero-order valence-corrected chi connectivity index (χ0v) is 31.8. The molecular formula is C43H50N4O5S. The van der Waals surface area contributed by atoms with Crippen molar-refractivity contribution >= 4 is 33.7 Å². The highest BCUT2D eigenvalue weighted by Crippen LogP contribution is 2.67. The van der Waals surface area contributed by atoms with Gasteiger partial charge in [0.05, 0.1) is 30.1 Å². The molecule has 4 aromatic rings. The third-order valence-electron chi connectivity index (χ3n) is 13.0. The van der Waals surface area contributed by atoms with E-state index in [4.69, 9.17) is 9.47 Å². The Morgan fingerprint density at radius 2 is 1.75 bits per heavy atom. The van der Waals surface area contributed by atoms with Crippen LogP contribution in [0.4, 0.5) is 0 Å². The number of piperazine rings is 1. The molecule has 2 bridgehead atoms. The minimum atomic E-state index is -1.58. The number of aromatic nitrogens is 1. The normalized spacial score (nSPS) is 26.0. The largest absolute Gasteiger partial charge is 0.497 e. The maximum absolute atomic E-state index is 15.2. The van der Waals surface area contributed by atoms with E-state index < -0.39 is 16.4 Å². The molecule has 10 rings (SSSR count). The lowest BCUT2D eigenvalue weighted by molar-refractivity contribution is -0.161. The Morgan fingerprint density at radius 3 is 2.49 bits per heavy atom. The van der Waals surface area contributed by atoms with Crippen molar-refractivity contribution in [2.24, 2.45) is 5.41 Å². The topological polar surface area (TPSA) is 93.1 Å². The van der Waals surface area contributed by atoms with E-state index in [9.17, 15) is 9.00 Å². The second-order valence-corrected chi connectivity index (χ2v) is 17.4. The second-order valence-electron chi connectivity index (χ2n) is 16.2. The van der Waals surface area contributed by atoms with E-state index in [1.54, 1.807) is 14.2 Å². The fraction of sp³-hybridized carbons (Fsp3) is 0.488. The highest BCUT2D eigenvalue weighted by molar-refractivity contribution is 7.83. The van der Waals surface area contributed by atoms with E-state index >= 15 is 4.79 Å². The molecule has 6 unspecified atom stereocenters. The van der Waals surface area contributed by atoms with Crippen LogP contribution in [0.25, 0.3) is 22.2 Å². The summed E-state index contributed by atoms with van der Waals surface area (Å²) in [6.45, 7) is 5.11. The average Bonchev–Trinajstić information content (AvgIpc) is 3.85. The molecular weight excluding hydrogens is 685 g/mol. The summed E-state index contributed by atoms with van der Waals surface area (Å²) < 4.78 is 29.0. The van der Waals surface area contributed by atoms with Gasteiger partial charge in [-0.3, -0.25) is 19.2 Å². The van der Waals surface area contributed by atoms with Crippen molar-refractivity contribution in [2.45, 2.75) is 95.0 Å². The van der Waals surface area contributed by atoms with E-state index in [0.29, 0.717) is 18.0 Å². The standard InChI is InChI=1S/C43H50N4O5S/c1-27(51-2)25-53(50)44-41(48)30-14-16-35-38(18-30)46-26-43(42(49)47-31-19-32(47)24-45(23-31)22-28-10-6-4-7-11-28)21-37(43)36-20-33(52-3)15-17-34(36)40(46)39(35)29-12-8-5-9-13-29/h4,6-7,10-11,14-18,20,27,29,31-32,37H,5,8-9,12-13,19,21-26H2,1-3H3,(H,44,48). The van der Waals surface area contributed by atoms with Crippen molar-refractivity contribution in [3.8, 4) is 17.0 Å². The van der Waals surface area contributed by atoms with Crippen LogP contribution in [0.5, 0.6) is 5.75 Å². The van der Waals surface area contributed by atoms with Crippen molar-refractivity contribution in [1.82, 2.24) is 19.1 Å². The Morgan fingerprint density at radius 1 is 0.981 bits per heavy atom. The maximum Gasteiger partial charge on any atom is 0.263 e. The van der Waals surface area contributed by atoms with Crippen LogP contribution in [0.2, 0.25) is 0 Å². The first-order valence-corrected chi connectivity index (χ1v) is 20.8. The van der Waals surface area contributed by atoms with E-state index in [2.05, 4.69) is 73.7 Å². The van der Waals surface area contributed by atoms with Crippen molar-refractivity contribution in [1.29, 1.82) is 0 Å². The Hall–Kier alpha value is -3.99. The molecule has 10 heteroatoms. The van der Waals surface area contributed by atoms with Gasteiger partial charge in [0.2, 0.25) is 5.91 Å². The monoisotopic (exact) mass is 734 g/mol. The van der Waals surface area contributed by atoms with E-state index in [1.807, 2.05) is 19.1 Å². The Labute approximate surface area is 314 Å². The van der Waals surface area contributed by atoms with Crippen molar-refractivity contribution in [3.05, 3.63) is 89.0 Å². The highest BCUT2D eigenvalue weighted by atomic mass is 32.2. The number of benzene rings is 3. The predicted octanol–water partition coefficient (Wildman–Crippen LogP) is 6.77. The van der Waals surface area contributed by atoms with Gasteiger partial charge in [0.1, 0.15) is 16.7 Å². The smallest absolute Gasteiger partial charge is 0.263 e. The molecule has 9 nitrogen and oxygen atoms in total. The fourth-order valence-electron chi connectivity index (χ4n) is 10.2.